The molecule has 0 aliphatic heterocycles. The molecular formula is C29H30F3N5O4. The number of hydrogen-bond acceptors (Lipinski definition) is 7. The van der Waals surface area contributed by atoms with Crippen molar-refractivity contribution in [3.05, 3.63) is 77.5 Å². The maximum absolute atomic E-state index is 15.2. The lowest BCUT2D eigenvalue weighted by Crippen LogP contribution is -2.35. The third-order valence-electron chi connectivity index (χ3n) is 6.99. The van der Waals surface area contributed by atoms with Crippen molar-refractivity contribution in [3.8, 4) is 16.9 Å². The van der Waals surface area contributed by atoms with Gasteiger partial charge in [-0.1, -0.05) is 31.5 Å². The van der Waals surface area contributed by atoms with E-state index in [1.807, 2.05) is 6.92 Å². The minimum atomic E-state index is -3.01. The maximum atomic E-state index is 15.2. The number of pyridine rings is 1. The zero-order valence-corrected chi connectivity index (χ0v) is 22.6. The van der Waals surface area contributed by atoms with Crippen molar-refractivity contribution >= 4 is 11.7 Å². The highest BCUT2D eigenvalue weighted by Gasteiger charge is 2.37. The van der Waals surface area contributed by atoms with E-state index >= 15 is 4.39 Å². The molecule has 0 bridgehead atoms. The van der Waals surface area contributed by atoms with Gasteiger partial charge in [0.1, 0.15) is 23.0 Å². The number of para-hydroxylation sites is 1. The van der Waals surface area contributed by atoms with E-state index in [0.29, 0.717) is 41.4 Å². The molecule has 216 valence electrons. The molecule has 0 saturated heterocycles. The van der Waals surface area contributed by atoms with Crippen molar-refractivity contribution in [3.63, 3.8) is 0 Å². The Balaban J connectivity index is 1.41. The number of unbranched alkanes of at least 4 members (excludes halogenated alkanes) is 1. The Morgan fingerprint density at radius 3 is 2.73 bits per heavy atom. The van der Waals surface area contributed by atoms with Crippen LogP contribution in [0.15, 0.2) is 48.9 Å². The number of benzene rings is 1. The predicted octanol–water partition coefficient (Wildman–Crippen LogP) is 5.56. The van der Waals surface area contributed by atoms with Crippen LogP contribution in [0, 0.1) is 5.82 Å². The standard InChI is InChI=1S/C29H30F3N5O4/c1-3-4-9-40-29(39)35-16(2)10-24-33-13-17(14-34-24)20-15-37-25(12-21(20)30)36-26-22(38)11-19(27(26)37)18-7-5-6-8-23(18)41-28(31)32/h5-8,12-16,19,22,28,38H,3-4,9-11H2,1-2H3,(H,35,39)/t16?,19-,22-/m1/s1. The zero-order valence-electron chi connectivity index (χ0n) is 22.6. The second kappa shape index (κ2) is 12.1. The van der Waals surface area contributed by atoms with E-state index in [4.69, 9.17) is 9.47 Å². The van der Waals surface area contributed by atoms with Gasteiger partial charge < -0.3 is 24.3 Å². The largest absolute Gasteiger partial charge is 0.450 e. The molecule has 0 saturated carbocycles. The van der Waals surface area contributed by atoms with E-state index in [1.165, 1.54) is 24.5 Å². The molecule has 41 heavy (non-hydrogen) atoms. The number of imidazole rings is 1. The fourth-order valence-electron chi connectivity index (χ4n) is 5.07. The number of nitrogens with one attached hydrogen (secondary N) is 1. The second-order valence-electron chi connectivity index (χ2n) is 9.99. The maximum Gasteiger partial charge on any atom is 0.407 e. The lowest BCUT2D eigenvalue weighted by atomic mass is 9.95. The summed E-state index contributed by atoms with van der Waals surface area (Å²) in [6, 6.07) is 7.39. The number of aromatic nitrogens is 4. The van der Waals surface area contributed by atoms with Crippen molar-refractivity contribution in [2.24, 2.45) is 0 Å². The Morgan fingerprint density at radius 1 is 1.24 bits per heavy atom. The van der Waals surface area contributed by atoms with Gasteiger partial charge in [0.15, 0.2) is 0 Å². The third kappa shape index (κ3) is 6.12. The van der Waals surface area contributed by atoms with Gasteiger partial charge in [-0.05, 0) is 25.8 Å². The smallest absolute Gasteiger partial charge is 0.407 e. The molecule has 1 unspecified atom stereocenters. The lowest BCUT2D eigenvalue weighted by Gasteiger charge is -2.17. The van der Waals surface area contributed by atoms with Crippen molar-refractivity contribution in [2.45, 2.75) is 64.2 Å². The number of aliphatic hydroxyl groups excluding tert-OH is 1. The summed E-state index contributed by atoms with van der Waals surface area (Å²) < 4.78 is 52.9. The summed E-state index contributed by atoms with van der Waals surface area (Å²) >= 11 is 0. The van der Waals surface area contributed by atoms with Gasteiger partial charge in [0, 0.05) is 59.7 Å². The molecule has 5 rings (SSSR count). The first-order valence-electron chi connectivity index (χ1n) is 13.4. The summed E-state index contributed by atoms with van der Waals surface area (Å²) in [6.45, 7) is 1.16. The minimum absolute atomic E-state index is 0.00626. The topological polar surface area (TPSA) is 111 Å². The molecule has 1 aliphatic carbocycles. The van der Waals surface area contributed by atoms with Gasteiger partial charge in [0.2, 0.25) is 0 Å². The van der Waals surface area contributed by atoms with E-state index < -0.39 is 30.5 Å². The van der Waals surface area contributed by atoms with Gasteiger partial charge >= 0.3 is 12.7 Å². The number of nitrogens with zero attached hydrogens (tertiary/aromatic N) is 4. The van der Waals surface area contributed by atoms with E-state index in [2.05, 4.69) is 20.3 Å². The Hall–Kier alpha value is -4.19. The van der Waals surface area contributed by atoms with E-state index in [0.717, 1.165) is 12.8 Å². The van der Waals surface area contributed by atoms with Gasteiger partial charge in [-0.2, -0.15) is 8.78 Å². The minimum Gasteiger partial charge on any atom is -0.450 e. The van der Waals surface area contributed by atoms with Crippen LogP contribution in [0.4, 0.5) is 18.0 Å². The second-order valence-corrected chi connectivity index (χ2v) is 9.99. The van der Waals surface area contributed by atoms with Crippen LogP contribution in [0.25, 0.3) is 16.8 Å². The number of carbonyl (C=O) groups is 1. The number of ether oxygens (including phenoxy) is 2. The SMILES string of the molecule is CCCCOC(=O)NC(C)Cc1ncc(-c2cn3c4c(nc3cc2F)[C@H](O)C[C@@H]4c2ccccc2OC(F)F)cn1. The van der Waals surface area contributed by atoms with Crippen LogP contribution in [0.3, 0.4) is 0 Å². The summed E-state index contributed by atoms with van der Waals surface area (Å²) in [5.74, 6) is -0.606. The number of alkyl carbamates (subject to hydrolysis) is 1. The Kier molecular flexibility index (Phi) is 8.39. The van der Waals surface area contributed by atoms with Crippen LogP contribution < -0.4 is 10.1 Å². The summed E-state index contributed by atoms with van der Waals surface area (Å²) in [6.07, 6.45) is 5.35. The van der Waals surface area contributed by atoms with Gasteiger partial charge in [-0.15, -0.1) is 0 Å². The molecule has 2 N–H and O–H groups in total. The average molecular weight is 570 g/mol. The predicted molar refractivity (Wildman–Crippen MR) is 143 cm³/mol. The fourth-order valence-corrected chi connectivity index (χ4v) is 5.07. The number of carbonyl (C=O) groups excluding carboxylic acids is 1. The van der Waals surface area contributed by atoms with Crippen molar-refractivity contribution < 1.29 is 32.5 Å². The first-order valence-corrected chi connectivity index (χ1v) is 13.4. The highest BCUT2D eigenvalue weighted by molar-refractivity contribution is 5.67. The molecule has 0 fully saturated rings. The quantitative estimate of drug-likeness (QED) is 0.241. The van der Waals surface area contributed by atoms with Crippen LogP contribution in [0.2, 0.25) is 0 Å². The van der Waals surface area contributed by atoms with E-state index in [9.17, 15) is 18.7 Å². The molecule has 1 aromatic carbocycles. The number of rotatable bonds is 10. The molecule has 12 heteroatoms. The number of halogens is 3. The fraction of sp³-hybridized carbons (Fsp3) is 0.379. The normalized spacial score (nSPS) is 17.0. The van der Waals surface area contributed by atoms with Crippen LogP contribution >= 0.6 is 0 Å². The molecule has 1 aliphatic rings. The number of alkyl halides is 2. The van der Waals surface area contributed by atoms with Gasteiger partial charge in [-0.3, -0.25) is 0 Å². The molecule has 3 aromatic heterocycles. The summed E-state index contributed by atoms with van der Waals surface area (Å²) in [5, 5.41) is 13.5. The van der Waals surface area contributed by atoms with Crippen molar-refractivity contribution in [2.75, 3.05) is 6.61 Å². The first-order chi connectivity index (χ1) is 19.7. The Labute approximate surface area is 234 Å². The first kappa shape index (κ1) is 28.3. The molecule has 9 nitrogen and oxygen atoms in total. The molecular weight excluding hydrogens is 539 g/mol. The summed E-state index contributed by atoms with van der Waals surface area (Å²) in [4.78, 5) is 25.0. The molecule has 0 spiro atoms. The molecule has 3 atom stereocenters. The number of fused-ring (bicyclic) bond motifs is 3. The number of hydrogen-bond donors (Lipinski definition) is 2. The summed E-state index contributed by atoms with van der Waals surface area (Å²) in [5.41, 5.74) is 2.29. The van der Waals surface area contributed by atoms with Gasteiger partial charge in [-0.25, -0.2) is 24.1 Å². The lowest BCUT2D eigenvalue weighted by molar-refractivity contribution is -0.0506. The molecule has 0 radical (unpaired) electrons. The van der Waals surface area contributed by atoms with Crippen LogP contribution in [0.5, 0.6) is 5.75 Å². The number of amides is 1. The van der Waals surface area contributed by atoms with Crippen molar-refractivity contribution in [1.82, 2.24) is 24.7 Å². The zero-order chi connectivity index (χ0) is 29.1. The average Bonchev–Trinajstić information content (AvgIpc) is 3.45. The molecule has 3 heterocycles. The molecule has 1 amide bonds. The van der Waals surface area contributed by atoms with Crippen molar-refractivity contribution in [1.29, 1.82) is 0 Å². The highest BCUT2D eigenvalue weighted by atomic mass is 19.3. The monoisotopic (exact) mass is 569 g/mol. The number of aliphatic hydroxyl groups is 1. The highest BCUT2D eigenvalue weighted by Crippen LogP contribution is 2.47. The van der Waals surface area contributed by atoms with Gasteiger partial charge in [0.25, 0.3) is 0 Å². The Bertz CT molecular complexity index is 1530. The molecule has 4 aromatic rings. The van der Waals surface area contributed by atoms with E-state index in [1.54, 1.807) is 35.7 Å². The van der Waals surface area contributed by atoms with E-state index in [-0.39, 0.29) is 29.4 Å². The van der Waals surface area contributed by atoms with Gasteiger partial charge in [0.05, 0.1) is 24.1 Å². The Morgan fingerprint density at radius 2 is 2.00 bits per heavy atom. The van der Waals surface area contributed by atoms with Crippen LogP contribution in [-0.4, -0.2) is 49.8 Å². The summed E-state index contributed by atoms with van der Waals surface area (Å²) in [7, 11) is 0. The van der Waals surface area contributed by atoms with Crippen LogP contribution in [-0.2, 0) is 11.2 Å². The third-order valence-corrected chi connectivity index (χ3v) is 6.99. The van der Waals surface area contributed by atoms with Crippen LogP contribution in [0.1, 0.15) is 67.9 Å².